The molecule has 1 N–H and O–H groups in total. The molecule has 0 fully saturated rings. The van der Waals surface area contributed by atoms with E-state index < -0.39 is 15.0 Å². The van der Waals surface area contributed by atoms with Gasteiger partial charge in [0.2, 0.25) is 0 Å². The van der Waals surface area contributed by atoms with Crippen molar-refractivity contribution in [2.75, 3.05) is 6.54 Å². The number of hydrogen-bond donors (Lipinski definition) is 1. The molecule has 0 bridgehead atoms. The number of amides is 1. The molecule has 0 aliphatic rings. The molecule has 1 rings (SSSR count). The molecule has 0 aromatic heterocycles. The van der Waals surface area contributed by atoms with Crippen molar-refractivity contribution < 1.29 is 13.2 Å². The van der Waals surface area contributed by atoms with Crippen molar-refractivity contribution in [3.8, 4) is 0 Å². The predicted octanol–water partition coefficient (Wildman–Crippen LogP) is 3.70. The van der Waals surface area contributed by atoms with Crippen molar-refractivity contribution >= 4 is 48.8 Å². The molecule has 0 saturated carbocycles. The second-order valence-electron chi connectivity index (χ2n) is 4.65. The first-order valence-corrected chi connectivity index (χ1v) is 8.91. The van der Waals surface area contributed by atoms with Gasteiger partial charge in [0.15, 0.2) is 0 Å². The molecule has 112 valence electrons. The molecule has 1 aromatic carbocycles. The summed E-state index contributed by atoms with van der Waals surface area (Å²) in [5.41, 5.74) is 0.0994. The molecule has 0 aliphatic heterocycles. The van der Waals surface area contributed by atoms with Gasteiger partial charge in [0, 0.05) is 22.8 Å². The van der Waals surface area contributed by atoms with Gasteiger partial charge in [0.25, 0.3) is 15.0 Å². The molecule has 0 atom stereocenters. The van der Waals surface area contributed by atoms with Crippen LogP contribution in [0.5, 0.6) is 0 Å². The van der Waals surface area contributed by atoms with Crippen LogP contribution in [0.4, 0.5) is 0 Å². The third-order valence-electron chi connectivity index (χ3n) is 2.53. The average Bonchev–Trinajstić information content (AvgIpc) is 2.30. The van der Waals surface area contributed by atoms with Crippen LogP contribution in [-0.2, 0) is 9.05 Å². The van der Waals surface area contributed by atoms with Crippen LogP contribution < -0.4 is 5.32 Å². The number of carbonyl (C=O) groups is 1. The number of rotatable bonds is 5. The van der Waals surface area contributed by atoms with E-state index in [9.17, 15) is 13.2 Å². The molecule has 20 heavy (non-hydrogen) atoms. The number of nitrogens with one attached hydrogen (secondary N) is 1. The summed E-state index contributed by atoms with van der Waals surface area (Å²) in [6.07, 6.45) is 0.813. The number of benzene rings is 1. The molecule has 8 heteroatoms. The van der Waals surface area contributed by atoms with Crippen molar-refractivity contribution in [2.24, 2.45) is 5.92 Å². The van der Waals surface area contributed by atoms with Crippen molar-refractivity contribution in [1.82, 2.24) is 5.32 Å². The summed E-state index contributed by atoms with van der Waals surface area (Å²) in [7, 11) is 1.19. The maximum atomic E-state index is 11.9. The molecule has 0 saturated heterocycles. The van der Waals surface area contributed by atoms with Gasteiger partial charge in [0.1, 0.15) is 4.90 Å². The molecular weight excluding hydrogens is 345 g/mol. The number of hydrogen-bond acceptors (Lipinski definition) is 3. The molecule has 0 heterocycles. The van der Waals surface area contributed by atoms with Crippen LogP contribution in [0.25, 0.3) is 0 Å². The van der Waals surface area contributed by atoms with Gasteiger partial charge < -0.3 is 5.32 Å². The number of carbonyl (C=O) groups excluding carboxylic acids is 1. The summed E-state index contributed by atoms with van der Waals surface area (Å²) >= 11 is 11.6. The first-order valence-electron chi connectivity index (χ1n) is 5.85. The molecule has 0 spiro atoms. The summed E-state index contributed by atoms with van der Waals surface area (Å²) in [5, 5.41) is 2.44. The minimum atomic E-state index is -4.07. The van der Waals surface area contributed by atoms with Gasteiger partial charge in [-0.1, -0.05) is 37.0 Å². The summed E-state index contributed by atoms with van der Waals surface area (Å²) in [6, 6.07) is 2.42. The molecule has 4 nitrogen and oxygen atoms in total. The lowest BCUT2D eigenvalue weighted by atomic mass is 10.1. The summed E-state index contributed by atoms with van der Waals surface area (Å²) in [4.78, 5) is 11.5. The van der Waals surface area contributed by atoms with E-state index in [0.717, 1.165) is 12.5 Å². The fourth-order valence-corrected chi connectivity index (χ4v) is 3.21. The normalized spacial score (nSPS) is 11.7. The van der Waals surface area contributed by atoms with Crippen LogP contribution in [-0.4, -0.2) is 20.9 Å². The highest BCUT2D eigenvalue weighted by Gasteiger charge is 2.20. The Morgan fingerprint density at radius 3 is 2.40 bits per heavy atom. The highest BCUT2D eigenvalue weighted by Crippen LogP contribution is 2.32. The molecule has 0 unspecified atom stereocenters. The Balaban J connectivity index is 3.03. The van der Waals surface area contributed by atoms with Gasteiger partial charge in [-0.3, -0.25) is 4.79 Å². The SMILES string of the molecule is CC(C)CCNC(=O)c1cc(Cl)c(Cl)c(S(=O)(=O)Cl)c1. The summed E-state index contributed by atoms with van der Waals surface area (Å²) in [5.74, 6) is 0.0219. The van der Waals surface area contributed by atoms with E-state index in [1.165, 1.54) is 6.07 Å². The Morgan fingerprint density at radius 1 is 1.30 bits per heavy atom. The molecule has 0 aliphatic carbocycles. The van der Waals surface area contributed by atoms with E-state index in [0.29, 0.717) is 12.5 Å². The fourth-order valence-electron chi connectivity index (χ4n) is 1.45. The van der Waals surface area contributed by atoms with Crippen LogP contribution >= 0.6 is 33.9 Å². The summed E-state index contributed by atoms with van der Waals surface area (Å²) in [6.45, 7) is 4.55. The van der Waals surface area contributed by atoms with Crippen LogP contribution in [0.3, 0.4) is 0 Å². The quantitative estimate of drug-likeness (QED) is 0.816. The van der Waals surface area contributed by atoms with Gasteiger partial charge in [-0.2, -0.15) is 0 Å². The molecule has 1 aromatic rings. The Kier molecular flexibility index (Phi) is 6.13. The highest BCUT2D eigenvalue weighted by molar-refractivity contribution is 8.13. The van der Waals surface area contributed by atoms with Crippen molar-refractivity contribution in [2.45, 2.75) is 25.2 Å². The zero-order valence-corrected chi connectivity index (χ0v) is 14.0. The van der Waals surface area contributed by atoms with E-state index in [1.807, 2.05) is 13.8 Å². The van der Waals surface area contributed by atoms with Gasteiger partial charge in [-0.05, 0) is 24.5 Å². The lowest BCUT2D eigenvalue weighted by Gasteiger charge is -2.09. The number of halogens is 3. The van der Waals surface area contributed by atoms with Crippen molar-refractivity contribution in [3.05, 3.63) is 27.7 Å². The van der Waals surface area contributed by atoms with Gasteiger partial charge in [-0.15, -0.1) is 0 Å². The zero-order chi connectivity index (χ0) is 15.5. The monoisotopic (exact) mass is 357 g/mol. The average molecular weight is 359 g/mol. The second-order valence-corrected chi connectivity index (χ2v) is 7.97. The van der Waals surface area contributed by atoms with Crippen LogP contribution in [0, 0.1) is 5.92 Å². The lowest BCUT2D eigenvalue weighted by Crippen LogP contribution is -2.25. The van der Waals surface area contributed by atoms with Gasteiger partial charge in [-0.25, -0.2) is 8.42 Å². The topological polar surface area (TPSA) is 63.2 Å². The first kappa shape index (κ1) is 17.6. The van der Waals surface area contributed by atoms with Gasteiger partial charge >= 0.3 is 0 Å². The maximum Gasteiger partial charge on any atom is 0.262 e. The van der Waals surface area contributed by atoms with Crippen LogP contribution in [0.2, 0.25) is 10.0 Å². The Hall–Kier alpha value is -0.490. The highest BCUT2D eigenvalue weighted by atomic mass is 35.7. The predicted molar refractivity (Wildman–Crippen MR) is 81.3 cm³/mol. The smallest absolute Gasteiger partial charge is 0.262 e. The standard InChI is InChI=1S/C12H14Cl3NO3S/c1-7(2)3-4-16-12(17)8-5-9(13)11(14)10(6-8)20(15,18)19/h5-7H,3-4H2,1-2H3,(H,16,17). The lowest BCUT2D eigenvalue weighted by molar-refractivity contribution is 0.0952. The van der Waals surface area contributed by atoms with Crippen molar-refractivity contribution in [3.63, 3.8) is 0 Å². The fraction of sp³-hybridized carbons (Fsp3) is 0.417. The third-order valence-corrected chi connectivity index (χ3v) is 4.79. The Bertz CT molecular complexity index is 615. The Labute approximate surface area is 132 Å². The van der Waals surface area contributed by atoms with Crippen LogP contribution in [0.1, 0.15) is 30.6 Å². The van der Waals surface area contributed by atoms with E-state index in [2.05, 4.69) is 5.32 Å². The third kappa shape index (κ3) is 4.81. The van der Waals surface area contributed by atoms with Crippen LogP contribution in [0.15, 0.2) is 17.0 Å². The molecule has 0 radical (unpaired) electrons. The minimum Gasteiger partial charge on any atom is -0.352 e. The van der Waals surface area contributed by atoms with Gasteiger partial charge in [0.05, 0.1) is 10.0 Å². The Morgan fingerprint density at radius 2 is 1.90 bits per heavy atom. The van der Waals surface area contributed by atoms with Crippen molar-refractivity contribution in [1.29, 1.82) is 0 Å². The van der Waals surface area contributed by atoms with E-state index in [4.69, 9.17) is 33.9 Å². The maximum absolute atomic E-state index is 11.9. The summed E-state index contributed by atoms with van der Waals surface area (Å²) < 4.78 is 22.7. The first-order chi connectivity index (χ1) is 9.12. The van der Waals surface area contributed by atoms with E-state index in [-0.39, 0.29) is 20.5 Å². The molecule has 1 amide bonds. The second kappa shape index (κ2) is 6.98. The largest absolute Gasteiger partial charge is 0.352 e. The van der Waals surface area contributed by atoms with E-state index >= 15 is 0 Å². The van der Waals surface area contributed by atoms with E-state index in [1.54, 1.807) is 0 Å². The zero-order valence-electron chi connectivity index (χ0n) is 10.9. The minimum absolute atomic E-state index is 0.0394. The molecular formula is C12H14Cl3NO3S.